The summed E-state index contributed by atoms with van der Waals surface area (Å²) < 4.78 is 1.98. The Hall–Kier alpha value is -1.36. The van der Waals surface area contributed by atoms with Crippen molar-refractivity contribution in [2.45, 2.75) is 65.5 Å². The number of carbonyl (C=O) groups is 1. The molecule has 2 atom stereocenters. The van der Waals surface area contributed by atoms with Gasteiger partial charge < -0.3 is 10.6 Å². The standard InChI is InChI=1S/C17H30N4O/c1-6-15-14(10-19-21(15)17(3,4)5)16(22)20-9-7-8-13(11-20)12(2)18/h10,12-13H,6-9,11,18H2,1-5H3/t12-,13-/m1/s1. The molecule has 1 amide bonds. The zero-order valence-corrected chi connectivity index (χ0v) is 14.6. The molecule has 124 valence electrons. The Kier molecular flexibility index (Phi) is 4.95. The SMILES string of the molecule is CCc1c(C(=O)N2CCC[C@@H]([C@@H](C)N)C2)cnn1C(C)(C)C. The van der Waals surface area contributed by atoms with Crippen LogP contribution in [0.2, 0.25) is 0 Å². The van der Waals surface area contributed by atoms with Crippen molar-refractivity contribution in [3.05, 3.63) is 17.5 Å². The number of rotatable bonds is 3. The fraction of sp³-hybridized carbons (Fsp3) is 0.765. The van der Waals surface area contributed by atoms with Crippen LogP contribution in [-0.4, -0.2) is 39.7 Å². The predicted molar refractivity (Wildman–Crippen MR) is 88.9 cm³/mol. The first-order chi connectivity index (χ1) is 10.3. The van der Waals surface area contributed by atoms with Gasteiger partial charge >= 0.3 is 0 Å². The van der Waals surface area contributed by atoms with Gasteiger partial charge in [-0.2, -0.15) is 5.10 Å². The predicted octanol–water partition coefficient (Wildman–Crippen LogP) is 2.40. The van der Waals surface area contributed by atoms with Gasteiger partial charge in [-0.25, -0.2) is 0 Å². The fourth-order valence-electron chi connectivity index (χ4n) is 3.26. The second-order valence-electron chi connectivity index (χ2n) is 7.45. The van der Waals surface area contributed by atoms with Gasteiger partial charge in [-0.1, -0.05) is 6.92 Å². The summed E-state index contributed by atoms with van der Waals surface area (Å²) in [5.41, 5.74) is 7.70. The van der Waals surface area contributed by atoms with Gasteiger partial charge in [-0.3, -0.25) is 9.48 Å². The third kappa shape index (κ3) is 3.35. The lowest BCUT2D eigenvalue weighted by Crippen LogP contribution is -2.45. The van der Waals surface area contributed by atoms with Crippen molar-refractivity contribution >= 4 is 5.91 Å². The highest BCUT2D eigenvalue weighted by atomic mass is 16.2. The molecule has 0 aliphatic carbocycles. The molecule has 1 saturated heterocycles. The highest BCUT2D eigenvalue weighted by Gasteiger charge is 2.30. The molecule has 2 heterocycles. The lowest BCUT2D eigenvalue weighted by molar-refractivity contribution is 0.0659. The van der Waals surface area contributed by atoms with Crippen LogP contribution >= 0.6 is 0 Å². The Bertz CT molecular complexity index is 527. The van der Waals surface area contributed by atoms with Crippen molar-refractivity contribution in [3.8, 4) is 0 Å². The molecule has 0 saturated carbocycles. The molecule has 0 spiro atoms. The molecule has 1 aromatic heterocycles. The molecule has 2 rings (SSSR count). The Morgan fingerprint density at radius 2 is 2.18 bits per heavy atom. The molecular formula is C17H30N4O. The van der Waals surface area contributed by atoms with Gasteiger partial charge in [0.1, 0.15) is 0 Å². The van der Waals surface area contributed by atoms with E-state index in [2.05, 4.69) is 32.8 Å². The van der Waals surface area contributed by atoms with E-state index in [-0.39, 0.29) is 17.5 Å². The third-order valence-corrected chi connectivity index (χ3v) is 4.56. The summed E-state index contributed by atoms with van der Waals surface area (Å²) in [5.74, 6) is 0.512. The van der Waals surface area contributed by atoms with Gasteiger partial charge in [0.15, 0.2) is 0 Å². The van der Waals surface area contributed by atoms with Crippen LogP contribution < -0.4 is 5.73 Å². The summed E-state index contributed by atoms with van der Waals surface area (Å²) in [5, 5.41) is 4.47. The van der Waals surface area contributed by atoms with E-state index in [9.17, 15) is 4.79 Å². The molecule has 2 N–H and O–H groups in total. The summed E-state index contributed by atoms with van der Waals surface area (Å²) in [6, 6.07) is 0.138. The number of nitrogens with two attached hydrogens (primary N) is 1. The first-order valence-electron chi connectivity index (χ1n) is 8.38. The summed E-state index contributed by atoms with van der Waals surface area (Å²) in [7, 11) is 0. The van der Waals surface area contributed by atoms with Gasteiger partial charge in [0.2, 0.25) is 0 Å². The molecule has 1 aliphatic rings. The smallest absolute Gasteiger partial charge is 0.257 e. The van der Waals surface area contributed by atoms with Crippen LogP contribution in [0.15, 0.2) is 6.20 Å². The fourth-order valence-corrected chi connectivity index (χ4v) is 3.26. The van der Waals surface area contributed by atoms with E-state index in [0.717, 1.165) is 43.6 Å². The second kappa shape index (κ2) is 6.41. The lowest BCUT2D eigenvalue weighted by atomic mass is 9.92. The van der Waals surface area contributed by atoms with Crippen LogP contribution in [0.1, 0.15) is 63.5 Å². The quantitative estimate of drug-likeness (QED) is 0.932. The number of aromatic nitrogens is 2. The Labute approximate surface area is 133 Å². The average Bonchev–Trinajstić information content (AvgIpc) is 2.90. The van der Waals surface area contributed by atoms with E-state index in [1.807, 2.05) is 16.5 Å². The Balaban J connectivity index is 2.24. The van der Waals surface area contributed by atoms with E-state index in [0.29, 0.717) is 5.92 Å². The van der Waals surface area contributed by atoms with Crippen LogP contribution in [0.25, 0.3) is 0 Å². The van der Waals surface area contributed by atoms with Crippen LogP contribution in [0, 0.1) is 5.92 Å². The maximum absolute atomic E-state index is 12.9. The molecule has 0 aromatic carbocycles. The average molecular weight is 306 g/mol. The number of nitrogens with zero attached hydrogens (tertiary/aromatic N) is 3. The number of carbonyl (C=O) groups excluding carboxylic acids is 1. The van der Waals surface area contributed by atoms with Crippen molar-refractivity contribution in [2.24, 2.45) is 11.7 Å². The molecular weight excluding hydrogens is 276 g/mol. The van der Waals surface area contributed by atoms with Crippen LogP contribution in [0.4, 0.5) is 0 Å². The molecule has 5 heteroatoms. The van der Waals surface area contributed by atoms with E-state index in [4.69, 9.17) is 5.73 Å². The number of hydrogen-bond acceptors (Lipinski definition) is 3. The van der Waals surface area contributed by atoms with Gasteiger partial charge in [-0.15, -0.1) is 0 Å². The van der Waals surface area contributed by atoms with Crippen molar-refractivity contribution < 1.29 is 4.79 Å². The minimum absolute atomic E-state index is 0.109. The lowest BCUT2D eigenvalue weighted by Gasteiger charge is -2.34. The molecule has 0 radical (unpaired) electrons. The number of likely N-dealkylation sites (tertiary alicyclic amines) is 1. The van der Waals surface area contributed by atoms with Gasteiger partial charge in [0.05, 0.1) is 23.0 Å². The van der Waals surface area contributed by atoms with Gasteiger partial charge in [0, 0.05) is 19.1 Å². The summed E-state index contributed by atoms with van der Waals surface area (Å²) in [6.45, 7) is 12.0. The van der Waals surface area contributed by atoms with Gasteiger partial charge in [0.25, 0.3) is 5.91 Å². The first kappa shape index (κ1) is 17.0. The molecule has 1 fully saturated rings. The van der Waals surface area contributed by atoms with Crippen LogP contribution in [-0.2, 0) is 12.0 Å². The normalized spacial score (nSPS) is 21.0. The molecule has 0 bridgehead atoms. The molecule has 1 aliphatic heterocycles. The zero-order chi connectivity index (χ0) is 16.5. The first-order valence-corrected chi connectivity index (χ1v) is 8.38. The van der Waals surface area contributed by atoms with Crippen molar-refractivity contribution in [2.75, 3.05) is 13.1 Å². The monoisotopic (exact) mass is 306 g/mol. The van der Waals surface area contributed by atoms with E-state index in [1.165, 1.54) is 0 Å². The topological polar surface area (TPSA) is 64.2 Å². The maximum Gasteiger partial charge on any atom is 0.257 e. The van der Waals surface area contributed by atoms with Gasteiger partial charge in [-0.05, 0) is 52.9 Å². The Morgan fingerprint density at radius 1 is 1.50 bits per heavy atom. The van der Waals surface area contributed by atoms with E-state index in [1.54, 1.807) is 6.20 Å². The Morgan fingerprint density at radius 3 is 2.73 bits per heavy atom. The van der Waals surface area contributed by atoms with E-state index >= 15 is 0 Å². The van der Waals surface area contributed by atoms with Crippen molar-refractivity contribution in [1.82, 2.24) is 14.7 Å². The molecule has 5 nitrogen and oxygen atoms in total. The summed E-state index contributed by atoms with van der Waals surface area (Å²) in [6.07, 6.45) is 4.70. The largest absolute Gasteiger partial charge is 0.338 e. The molecule has 1 aromatic rings. The number of hydrogen-bond donors (Lipinski definition) is 1. The maximum atomic E-state index is 12.9. The minimum atomic E-state index is -0.111. The summed E-state index contributed by atoms with van der Waals surface area (Å²) in [4.78, 5) is 14.9. The van der Waals surface area contributed by atoms with Crippen LogP contribution in [0.5, 0.6) is 0 Å². The molecule has 22 heavy (non-hydrogen) atoms. The number of piperidine rings is 1. The highest BCUT2D eigenvalue weighted by molar-refractivity contribution is 5.95. The summed E-state index contributed by atoms with van der Waals surface area (Å²) >= 11 is 0. The third-order valence-electron chi connectivity index (χ3n) is 4.56. The van der Waals surface area contributed by atoms with Crippen LogP contribution in [0.3, 0.4) is 0 Å². The van der Waals surface area contributed by atoms with Crippen molar-refractivity contribution in [1.29, 1.82) is 0 Å². The van der Waals surface area contributed by atoms with Crippen molar-refractivity contribution in [3.63, 3.8) is 0 Å². The molecule has 0 unspecified atom stereocenters. The number of amides is 1. The second-order valence-corrected chi connectivity index (χ2v) is 7.45. The minimum Gasteiger partial charge on any atom is -0.338 e. The highest BCUT2D eigenvalue weighted by Crippen LogP contribution is 2.24. The zero-order valence-electron chi connectivity index (χ0n) is 14.6. The van der Waals surface area contributed by atoms with E-state index < -0.39 is 0 Å².